The van der Waals surface area contributed by atoms with Crippen LogP contribution in [0, 0.1) is 0 Å². The fourth-order valence-electron chi connectivity index (χ4n) is 3.70. The predicted octanol–water partition coefficient (Wildman–Crippen LogP) is 5.66. The number of nitrogens with zero attached hydrogens (tertiary/aromatic N) is 1. The van der Waals surface area contributed by atoms with E-state index in [1.165, 1.54) is 5.39 Å². The van der Waals surface area contributed by atoms with Gasteiger partial charge in [0.15, 0.2) is 16.6 Å². The van der Waals surface area contributed by atoms with Gasteiger partial charge >= 0.3 is 0 Å². The lowest BCUT2D eigenvalue weighted by Crippen LogP contribution is -2.31. The Morgan fingerprint density at radius 2 is 1.94 bits per heavy atom. The molecule has 0 bridgehead atoms. The molecule has 1 aliphatic heterocycles. The van der Waals surface area contributed by atoms with E-state index in [9.17, 15) is 4.79 Å². The number of nitrogens with one attached hydrogen (secondary N) is 1. The Balaban J connectivity index is 1.59. The highest BCUT2D eigenvalue weighted by Crippen LogP contribution is 2.38. The fraction of sp³-hybridized carbons (Fsp3) is 0.200. The van der Waals surface area contributed by atoms with Gasteiger partial charge < -0.3 is 14.8 Å². The van der Waals surface area contributed by atoms with Crippen molar-refractivity contribution in [2.45, 2.75) is 20.0 Å². The molecule has 0 radical (unpaired) electrons. The lowest BCUT2D eigenvalue weighted by Gasteiger charge is -2.15. The summed E-state index contributed by atoms with van der Waals surface area (Å²) in [4.78, 5) is 14.2. The first kappa shape index (κ1) is 22.3. The van der Waals surface area contributed by atoms with Crippen molar-refractivity contribution >= 4 is 56.0 Å². The lowest BCUT2D eigenvalue weighted by molar-refractivity contribution is -0.122. The van der Waals surface area contributed by atoms with Gasteiger partial charge in [-0.1, -0.05) is 49.4 Å². The SMILES string of the molecule is CCCN1C(=O)/C(=C/c2cc(Br)c(OCc3cccc4ccccc34)c(OC)c2)NC1=S. The van der Waals surface area contributed by atoms with Crippen molar-refractivity contribution in [3.05, 3.63) is 75.9 Å². The molecule has 0 spiro atoms. The largest absolute Gasteiger partial charge is 0.493 e. The van der Waals surface area contributed by atoms with Gasteiger partial charge in [-0.25, -0.2) is 0 Å². The molecule has 1 fully saturated rings. The second-order valence-corrected chi connectivity index (χ2v) is 8.65. The Morgan fingerprint density at radius 1 is 1.16 bits per heavy atom. The van der Waals surface area contributed by atoms with Crippen LogP contribution in [0.25, 0.3) is 16.8 Å². The number of carbonyl (C=O) groups is 1. The molecular weight excluding hydrogens is 488 g/mol. The van der Waals surface area contributed by atoms with E-state index < -0.39 is 0 Å². The molecule has 0 atom stereocenters. The van der Waals surface area contributed by atoms with Crippen molar-refractivity contribution in [1.82, 2.24) is 10.2 Å². The maximum atomic E-state index is 12.6. The van der Waals surface area contributed by atoms with Crippen molar-refractivity contribution in [3.8, 4) is 11.5 Å². The van der Waals surface area contributed by atoms with Crippen LogP contribution in [0.3, 0.4) is 0 Å². The molecule has 1 amide bonds. The first-order chi connectivity index (χ1) is 15.5. The molecule has 0 aliphatic carbocycles. The third kappa shape index (κ3) is 4.49. The Hall–Kier alpha value is -2.90. The number of amides is 1. The second-order valence-electron chi connectivity index (χ2n) is 7.41. The van der Waals surface area contributed by atoms with Crippen LogP contribution in [0.1, 0.15) is 24.5 Å². The first-order valence-corrected chi connectivity index (χ1v) is 11.5. The normalized spacial score (nSPS) is 14.8. The average molecular weight is 511 g/mol. The molecule has 4 rings (SSSR count). The summed E-state index contributed by atoms with van der Waals surface area (Å²) in [7, 11) is 1.60. The van der Waals surface area contributed by atoms with Crippen LogP contribution < -0.4 is 14.8 Å². The van der Waals surface area contributed by atoms with Crippen LogP contribution >= 0.6 is 28.1 Å². The smallest absolute Gasteiger partial charge is 0.276 e. The quantitative estimate of drug-likeness (QED) is 0.328. The minimum Gasteiger partial charge on any atom is -0.493 e. The molecule has 1 aliphatic rings. The van der Waals surface area contributed by atoms with Gasteiger partial charge in [0.25, 0.3) is 5.91 Å². The fourth-order valence-corrected chi connectivity index (χ4v) is 4.55. The van der Waals surface area contributed by atoms with E-state index >= 15 is 0 Å². The third-order valence-corrected chi connectivity index (χ3v) is 6.14. The van der Waals surface area contributed by atoms with Gasteiger partial charge in [-0.15, -0.1) is 0 Å². The molecule has 3 aromatic carbocycles. The highest BCUT2D eigenvalue weighted by atomic mass is 79.9. The van der Waals surface area contributed by atoms with Crippen molar-refractivity contribution < 1.29 is 14.3 Å². The molecule has 164 valence electrons. The molecule has 1 heterocycles. The topological polar surface area (TPSA) is 50.8 Å². The van der Waals surface area contributed by atoms with Gasteiger partial charge in [0, 0.05) is 6.54 Å². The number of hydrogen-bond donors (Lipinski definition) is 1. The maximum Gasteiger partial charge on any atom is 0.276 e. The Bertz CT molecular complexity index is 1220. The molecule has 5 nitrogen and oxygen atoms in total. The van der Waals surface area contributed by atoms with E-state index in [1.54, 1.807) is 18.1 Å². The number of methoxy groups -OCH3 is 1. The number of fused-ring (bicyclic) bond motifs is 1. The molecule has 32 heavy (non-hydrogen) atoms. The molecule has 1 saturated heterocycles. The van der Waals surface area contributed by atoms with Crippen LogP contribution in [0.5, 0.6) is 11.5 Å². The molecule has 0 unspecified atom stereocenters. The zero-order chi connectivity index (χ0) is 22.7. The van der Waals surface area contributed by atoms with Crippen LogP contribution in [0.15, 0.2) is 64.8 Å². The van der Waals surface area contributed by atoms with Gasteiger partial charge in [0.1, 0.15) is 12.3 Å². The van der Waals surface area contributed by atoms with Gasteiger partial charge in [0.05, 0.1) is 11.6 Å². The summed E-state index contributed by atoms with van der Waals surface area (Å²) < 4.78 is 12.5. The van der Waals surface area contributed by atoms with Gasteiger partial charge in [-0.05, 0) is 74.7 Å². The number of thiocarbonyl (C=S) groups is 1. The van der Waals surface area contributed by atoms with Crippen molar-refractivity contribution in [2.75, 3.05) is 13.7 Å². The maximum absolute atomic E-state index is 12.6. The highest BCUT2D eigenvalue weighted by Gasteiger charge is 2.29. The number of halogens is 1. The predicted molar refractivity (Wildman–Crippen MR) is 135 cm³/mol. The monoisotopic (exact) mass is 510 g/mol. The van der Waals surface area contributed by atoms with Crippen molar-refractivity contribution in [3.63, 3.8) is 0 Å². The van der Waals surface area contributed by atoms with Crippen molar-refractivity contribution in [1.29, 1.82) is 0 Å². The number of carbonyl (C=O) groups excluding carboxylic acids is 1. The minimum atomic E-state index is -0.122. The van der Waals surface area contributed by atoms with Gasteiger partial charge in [-0.2, -0.15) is 0 Å². The van der Waals surface area contributed by atoms with Crippen LogP contribution in [-0.4, -0.2) is 29.6 Å². The molecule has 0 saturated carbocycles. The summed E-state index contributed by atoms with van der Waals surface area (Å²) in [5, 5.41) is 5.77. The Kier molecular flexibility index (Phi) is 6.77. The van der Waals surface area contributed by atoms with Crippen molar-refractivity contribution in [2.24, 2.45) is 0 Å². The molecule has 1 N–H and O–H groups in total. The van der Waals surface area contributed by atoms with E-state index in [0.29, 0.717) is 35.5 Å². The zero-order valence-corrected chi connectivity index (χ0v) is 20.3. The summed E-state index contributed by atoms with van der Waals surface area (Å²) in [6, 6.07) is 18.1. The second kappa shape index (κ2) is 9.71. The number of ether oxygens (including phenoxy) is 2. The number of hydrogen-bond acceptors (Lipinski definition) is 4. The number of benzene rings is 3. The molecule has 0 aromatic heterocycles. The van der Waals surface area contributed by atoms with E-state index in [4.69, 9.17) is 21.7 Å². The van der Waals surface area contributed by atoms with Gasteiger partial charge in [0.2, 0.25) is 0 Å². The summed E-state index contributed by atoms with van der Waals surface area (Å²) in [5.41, 5.74) is 2.33. The summed E-state index contributed by atoms with van der Waals surface area (Å²) >= 11 is 8.88. The number of rotatable bonds is 7. The van der Waals surface area contributed by atoms with E-state index in [1.807, 2.05) is 37.3 Å². The Morgan fingerprint density at radius 3 is 2.72 bits per heavy atom. The van der Waals surface area contributed by atoms with E-state index in [-0.39, 0.29) is 5.91 Å². The lowest BCUT2D eigenvalue weighted by atomic mass is 10.1. The van der Waals surface area contributed by atoms with Gasteiger partial charge in [-0.3, -0.25) is 9.69 Å². The molecule has 7 heteroatoms. The van der Waals surface area contributed by atoms with Crippen LogP contribution in [-0.2, 0) is 11.4 Å². The van der Waals surface area contributed by atoms with E-state index in [2.05, 4.69) is 45.5 Å². The van der Waals surface area contributed by atoms with Crippen LogP contribution in [0.4, 0.5) is 0 Å². The minimum absolute atomic E-state index is 0.122. The summed E-state index contributed by atoms with van der Waals surface area (Å²) in [6.07, 6.45) is 2.61. The highest BCUT2D eigenvalue weighted by molar-refractivity contribution is 9.10. The standard InChI is InChI=1S/C25H23BrN2O3S/c1-3-11-28-24(29)21(27-25(28)32)13-16-12-20(26)23(22(14-16)30-2)31-15-18-9-6-8-17-7-4-5-10-19(17)18/h4-10,12-14H,3,11,15H2,1-2H3,(H,27,32)/b21-13-. The molecule has 3 aromatic rings. The average Bonchev–Trinajstić information content (AvgIpc) is 3.05. The Labute approximate surface area is 201 Å². The van der Waals surface area contributed by atoms with E-state index in [0.717, 1.165) is 27.4 Å². The molecular formula is C25H23BrN2O3S. The van der Waals surface area contributed by atoms with Crippen LogP contribution in [0.2, 0.25) is 0 Å². The zero-order valence-electron chi connectivity index (χ0n) is 17.9. The summed E-state index contributed by atoms with van der Waals surface area (Å²) in [6.45, 7) is 3.00. The third-order valence-electron chi connectivity index (χ3n) is 5.22. The summed E-state index contributed by atoms with van der Waals surface area (Å²) in [5.74, 6) is 1.06. The first-order valence-electron chi connectivity index (χ1n) is 10.3.